The molecule has 0 heterocycles. The highest BCUT2D eigenvalue weighted by molar-refractivity contribution is 6.30. The van der Waals surface area contributed by atoms with Gasteiger partial charge in [-0.25, -0.2) is 4.39 Å². The van der Waals surface area contributed by atoms with Gasteiger partial charge in [-0.1, -0.05) is 36.7 Å². The SMILES string of the molecule is CCC(Nc1ccc(Cl)cc1F)c1ccccc1O. The molecule has 4 heteroatoms. The van der Waals surface area contributed by atoms with Crippen LogP contribution in [0.2, 0.25) is 5.02 Å². The quantitative estimate of drug-likeness (QED) is 0.846. The third-order valence-electron chi connectivity index (χ3n) is 2.98. The lowest BCUT2D eigenvalue weighted by Crippen LogP contribution is -2.11. The van der Waals surface area contributed by atoms with Crippen LogP contribution >= 0.6 is 11.6 Å². The van der Waals surface area contributed by atoms with Gasteiger partial charge in [-0.3, -0.25) is 0 Å². The molecule has 0 radical (unpaired) electrons. The number of nitrogens with one attached hydrogen (secondary N) is 1. The van der Waals surface area contributed by atoms with E-state index in [1.165, 1.54) is 6.07 Å². The first-order valence-corrected chi connectivity index (χ1v) is 6.49. The van der Waals surface area contributed by atoms with Crippen molar-refractivity contribution in [2.45, 2.75) is 19.4 Å². The number of anilines is 1. The smallest absolute Gasteiger partial charge is 0.147 e. The number of hydrogen-bond acceptors (Lipinski definition) is 2. The Hall–Kier alpha value is -1.74. The summed E-state index contributed by atoms with van der Waals surface area (Å²) < 4.78 is 13.8. The maximum Gasteiger partial charge on any atom is 0.147 e. The lowest BCUT2D eigenvalue weighted by atomic mass is 10.0. The van der Waals surface area contributed by atoms with Crippen LogP contribution in [0.5, 0.6) is 5.75 Å². The maximum atomic E-state index is 13.8. The van der Waals surface area contributed by atoms with E-state index in [0.717, 1.165) is 12.0 Å². The highest BCUT2D eigenvalue weighted by atomic mass is 35.5. The third-order valence-corrected chi connectivity index (χ3v) is 3.22. The largest absolute Gasteiger partial charge is 0.508 e. The molecule has 1 unspecified atom stereocenters. The molecule has 2 aromatic rings. The summed E-state index contributed by atoms with van der Waals surface area (Å²) in [6, 6.07) is 11.4. The van der Waals surface area contributed by atoms with Crippen LogP contribution in [-0.4, -0.2) is 5.11 Å². The van der Waals surface area contributed by atoms with Crippen LogP contribution in [0.15, 0.2) is 42.5 Å². The molecule has 2 aromatic carbocycles. The van der Waals surface area contributed by atoms with Crippen LogP contribution in [0, 0.1) is 5.82 Å². The Morgan fingerprint density at radius 1 is 1.26 bits per heavy atom. The highest BCUT2D eigenvalue weighted by Gasteiger charge is 2.14. The predicted molar refractivity (Wildman–Crippen MR) is 76.2 cm³/mol. The van der Waals surface area contributed by atoms with Gasteiger partial charge >= 0.3 is 0 Å². The summed E-state index contributed by atoms with van der Waals surface area (Å²) in [6.07, 6.45) is 0.722. The van der Waals surface area contributed by atoms with Crippen LogP contribution in [-0.2, 0) is 0 Å². The molecule has 0 aliphatic heterocycles. The summed E-state index contributed by atoms with van der Waals surface area (Å²) in [7, 11) is 0. The summed E-state index contributed by atoms with van der Waals surface area (Å²) >= 11 is 5.72. The zero-order chi connectivity index (χ0) is 13.8. The van der Waals surface area contributed by atoms with Crippen molar-refractivity contribution >= 4 is 17.3 Å². The number of halogens is 2. The summed E-state index contributed by atoms with van der Waals surface area (Å²) in [5, 5.41) is 13.3. The van der Waals surface area contributed by atoms with Gasteiger partial charge in [-0.15, -0.1) is 0 Å². The lowest BCUT2D eigenvalue weighted by molar-refractivity contribution is 0.462. The number of phenolic OH excluding ortho intramolecular Hbond substituents is 1. The summed E-state index contributed by atoms with van der Waals surface area (Å²) in [5.41, 5.74) is 1.12. The molecular weight excluding hydrogens is 265 g/mol. The topological polar surface area (TPSA) is 32.3 Å². The number of hydrogen-bond donors (Lipinski definition) is 2. The molecule has 0 aromatic heterocycles. The van der Waals surface area contributed by atoms with Crippen molar-refractivity contribution in [2.24, 2.45) is 0 Å². The van der Waals surface area contributed by atoms with E-state index >= 15 is 0 Å². The number of aromatic hydroxyl groups is 1. The van der Waals surface area contributed by atoms with Crippen molar-refractivity contribution in [2.75, 3.05) is 5.32 Å². The minimum absolute atomic E-state index is 0.156. The molecule has 0 spiro atoms. The van der Waals surface area contributed by atoms with Crippen molar-refractivity contribution < 1.29 is 9.50 Å². The Bertz CT molecular complexity index is 574. The Morgan fingerprint density at radius 2 is 2.00 bits per heavy atom. The molecule has 2 nitrogen and oxygen atoms in total. The number of phenols is 1. The Balaban J connectivity index is 2.27. The molecule has 19 heavy (non-hydrogen) atoms. The van der Waals surface area contributed by atoms with E-state index < -0.39 is 5.82 Å². The first kappa shape index (κ1) is 13.7. The fourth-order valence-corrected chi connectivity index (χ4v) is 2.13. The molecule has 1 atom stereocenters. The maximum absolute atomic E-state index is 13.8. The molecule has 0 fully saturated rings. The van der Waals surface area contributed by atoms with Crippen LogP contribution in [0.1, 0.15) is 24.9 Å². The number of para-hydroxylation sites is 1. The van der Waals surface area contributed by atoms with Crippen molar-refractivity contribution in [1.29, 1.82) is 0 Å². The molecule has 2 rings (SSSR count). The first-order valence-electron chi connectivity index (χ1n) is 6.11. The van der Waals surface area contributed by atoms with Crippen molar-refractivity contribution in [3.05, 3.63) is 58.9 Å². The van der Waals surface area contributed by atoms with Gasteiger partial charge in [0.2, 0.25) is 0 Å². The second-order valence-electron chi connectivity index (χ2n) is 4.29. The molecule has 0 amide bonds. The molecule has 2 N–H and O–H groups in total. The Labute approximate surface area is 116 Å². The van der Waals surface area contributed by atoms with E-state index in [2.05, 4.69) is 5.32 Å². The van der Waals surface area contributed by atoms with Gasteiger partial charge in [-0.05, 0) is 30.7 Å². The number of rotatable bonds is 4. The second kappa shape index (κ2) is 5.93. The Morgan fingerprint density at radius 3 is 2.63 bits per heavy atom. The molecule has 0 aliphatic rings. The zero-order valence-corrected chi connectivity index (χ0v) is 11.3. The average molecular weight is 280 g/mol. The minimum Gasteiger partial charge on any atom is -0.508 e. The number of benzene rings is 2. The standard InChI is InChI=1S/C15H15ClFNO/c1-2-13(11-5-3-4-6-15(11)19)18-14-8-7-10(16)9-12(14)17/h3-9,13,18-19H,2H2,1H3. The molecule has 100 valence electrons. The van der Waals surface area contributed by atoms with Crippen LogP contribution in [0.25, 0.3) is 0 Å². The second-order valence-corrected chi connectivity index (χ2v) is 4.72. The van der Waals surface area contributed by atoms with E-state index in [-0.39, 0.29) is 11.8 Å². The fourth-order valence-electron chi connectivity index (χ4n) is 1.98. The minimum atomic E-state index is -0.402. The summed E-state index contributed by atoms with van der Waals surface area (Å²) in [5.74, 6) is -0.197. The van der Waals surface area contributed by atoms with Gasteiger partial charge in [0.25, 0.3) is 0 Å². The van der Waals surface area contributed by atoms with Crippen LogP contribution < -0.4 is 5.32 Å². The summed E-state index contributed by atoms with van der Waals surface area (Å²) in [6.45, 7) is 1.97. The van der Waals surface area contributed by atoms with Gasteiger partial charge in [-0.2, -0.15) is 0 Å². The lowest BCUT2D eigenvalue weighted by Gasteiger charge is -2.20. The van der Waals surface area contributed by atoms with E-state index in [1.54, 1.807) is 24.3 Å². The van der Waals surface area contributed by atoms with Crippen LogP contribution in [0.3, 0.4) is 0 Å². The molecule has 0 aliphatic carbocycles. The van der Waals surface area contributed by atoms with Gasteiger partial charge in [0, 0.05) is 10.6 Å². The van der Waals surface area contributed by atoms with Crippen LogP contribution in [0.4, 0.5) is 10.1 Å². The van der Waals surface area contributed by atoms with E-state index in [4.69, 9.17) is 11.6 Å². The fraction of sp³-hybridized carbons (Fsp3) is 0.200. The van der Waals surface area contributed by atoms with Gasteiger partial charge < -0.3 is 10.4 Å². The van der Waals surface area contributed by atoms with Crippen molar-refractivity contribution in [3.63, 3.8) is 0 Å². The predicted octanol–water partition coefficient (Wildman–Crippen LogP) is 4.75. The first-order chi connectivity index (χ1) is 9.11. The van der Waals surface area contributed by atoms with Gasteiger partial charge in [0.1, 0.15) is 11.6 Å². The van der Waals surface area contributed by atoms with Crippen molar-refractivity contribution in [1.82, 2.24) is 0 Å². The monoisotopic (exact) mass is 279 g/mol. The van der Waals surface area contributed by atoms with Crippen molar-refractivity contribution in [3.8, 4) is 5.75 Å². The van der Waals surface area contributed by atoms with Gasteiger partial charge in [0.15, 0.2) is 0 Å². The average Bonchev–Trinajstić information content (AvgIpc) is 2.39. The highest BCUT2D eigenvalue weighted by Crippen LogP contribution is 2.30. The molecular formula is C15H15ClFNO. The Kier molecular flexibility index (Phi) is 4.27. The van der Waals surface area contributed by atoms with E-state index in [0.29, 0.717) is 10.7 Å². The summed E-state index contributed by atoms with van der Waals surface area (Å²) in [4.78, 5) is 0. The molecule has 0 saturated heterocycles. The van der Waals surface area contributed by atoms with E-state index in [9.17, 15) is 9.50 Å². The zero-order valence-electron chi connectivity index (χ0n) is 10.5. The third kappa shape index (κ3) is 3.18. The molecule has 0 bridgehead atoms. The van der Waals surface area contributed by atoms with E-state index in [1.807, 2.05) is 19.1 Å². The molecule has 0 saturated carbocycles. The van der Waals surface area contributed by atoms with Gasteiger partial charge in [0.05, 0.1) is 11.7 Å². The normalized spacial score (nSPS) is 12.2.